The maximum absolute atomic E-state index is 11.6. The fourth-order valence-electron chi connectivity index (χ4n) is 1.75. The van der Waals surface area contributed by atoms with Gasteiger partial charge in [-0.3, -0.25) is 4.57 Å². The van der Waals surface area contributed by atoms with Crippen molar-refractivity contribution in [2.24, 2.45) is 5.14 Å². The molecule has 1 heterocycles. The summed E-state index contributed by atoms with van der Waals surface area (Å²) in [6.07, 6.45) is 0. The molecule has 1 aromatic carbocycles. The average Bonchev–Trinajstić information content (AvgIpc) is 2.82. The largest absolute Gasteiger partial charge is 0.383 e. The van der Waals surface area contributed by atoms with Gasteiger partial charge >= 0.3 is 0 Å². The first-order valence-corrected chi connectivity index (χ1v) is 8.75. The Labute approximate surface area is 140 Å². The quantitative estimate of drug-likeness (QED) is 0.707. The average molecular weight is 443 g/mol. The summed E-state index contributed by atoms with van der Waals surface area (Å²) in [6.45, 7) is 0.553. The minimum absolute atomic E-state index is 0.257. The van der Waals surface area contributed by atoms with Crippen LogP contribution >= 0.6 is 34.2 Å². The standard InChI is InChI=1S/C11H12ClIN4O3S/c1-20-5-4-17-10(15-16-11(17)21(14,18)19)8-6-7(12)2-3-9(8)13/h2-3,6H,4-5H2,1H3,(H2,14,18,19). The number of hydrogen-bond acceptors (Lipinski definition) is 5. The molecule has 2 aromatic rings. The molecule has 0 saturated carbocycles. The van der Waals surface area contributed by atoms with Crippen LogP contribution < -0.4 is 5.14 Å². The number of methoxy groups -OCH3 is 1. The summed E-state index contributed by atoms with van der Waals surface area (Å²) in [6, 6.07) is 5.25. The Hall–Kier alpha value is -0.750. The second kappa shape index (κ2) is 6.57. The predicted molar refractivity (Wildman–Crippen MR) is 86.4 cm³/mol. The Morgan fingerprint density at radius 2 is 2.14 bits per heavy atom. The number of sulfonamides is 1. The van der Waals surface area contributed by atoms with Gasteiger partial charge in [0.1, 0.15) is 0 Å². The van der Waals surface area contributed by atoms with Gasteiger partial charge in [0.2, 0.25) is 0 Å². The first kappa shape index (κ1) is 16.6. The van der Waals surface area contributed by atoms with Crippen LogP contribution in [0.15, 0.2) is 23.4 Å². The SMILES string of the molecule is COCCn1c(-c2cc(Cl)ccc2I)nnc1S(N)(=O)=O. The van der Waals surface area contributed by atoms with E-state index >= 15 is 0 Å². The zero-order chi connectivity index (χ0) is 15.6. The fraction of sp³-hybridized carbons (Fsp3) is 0.273. The van der Waals surface area contributed by atoms with E-state index in [1.165, 1.54) is 11.7 Å². The van der Waals surface area contributed by atoms with Crippen molar-refractivity contribution in [2.75, 3.05) is 13.7 Å². The van der Waals surface area contributed by atoms with Crippen molar-refractivity contribution < 1.29 is 13.2 Å². The molecule has 0 amide bonds. The van der Waals surface area contributed by atoms with Crippen LogP contribution in [-0.4, -0.2) is 36.9 Å². The molecular weight excluding hydrogens is 431 g/mol. The second-order valence-corrected chi connectivity index (χ2v) is 7.17. The molecule has 0 radical (unpaired) electrons. The highest BCUT2D eigenvalue weighted by Gasteiger charge is 2.23. The molecule has 7 nitrogen and oxygen atoms in total. The molecule has 2 N–H and O–H groups in total. The van der Waals surface area contributed by atoms with Gasteiger partial charge in [-0.2, -0.15) is 0 Å². The predicted octanol–water partition coefficient (Wildman–Crippen LogP) is 1.50. The third kappa shape index (κ3) is 3.72. The number of rotatable bonds is 5. The molecule has 0 saturated heterocycles. The summed E-state index contributed by atoms with van der Waals surface area (Å²) in [4.78, 5) is 0. The normalized spacial score (nSPS) is 11.8. The van der Waals surface area contributed by atoms with Gasteiger partial charge in [0.25, 0.3) is 15.2 Å². The Bertz CT molecular complexity index is 763. The van der Waals surface area contributed by atoms with Gasteiger partial charge in [0.15, 0.2) is 5.82 Å². The molecule has 21 heavy (non-hydrogen) atoms. The van der Waals surface area contributed by atoms with Crippen LogP contribution in [0.4, 0.5) is 0 Å². The van der Waals surface area contributed by atoms with Gasteiger partial charge in [0.05, 0.1) is 13.2 Å². The highest BCUT2D eigenvalue weighted by atomic mass is 127. The molecule has 0 spiro atoms. The Balaban J connectivity index is 2.63. The Kier molecular flexibility index (Phi) is 5.20. The van der Waals surface area contributed by atoms with Crippen LogP contribution in [0.2, 0.25) is 5.02 Å². The second-order valence-electron chi connectivity index (χ2n) is 4.12. The Morgan fingerprint density at radius 3 is 2.76 bits per heavy atom. The van der Waals surface area contributed by atoms with Crippen molar-refractivity contribution in [3.8, 4) is 11.4 Å². The number of ether oxygens (including phenoxy) is 1. The molecule has 0 unspecified atom stereocenters. The highest BCUT2D eigenvalue weighted by Crippen LogP contribution is 2.28. The van der Waals surface area contributed by atoms with Crippen LogP contribution in [0.1, 0.15) is 0 Å². The van der Waals surface area contributed by atoms with Gasteiger partial charge in [-0.15, -0.1) is 10.2 Å². The van der Waals surface area contributed by atoms with E-state index in [9.17, 15) is 8.42 Å². The lowest BCUT2D eigenvalue weighted by Gasteiger charge is -2.10. The first-order chi connectivity index (χ1) is 9.84. The lowest BCUT2D eigenvalue weighted by atomic mass is 10.2. The van der Waals surface area contributed by atoms with E-state index in [1.54, 1.807) is 12.1 Å². The number of primary sulfonamides is 1. The van der Waals surface area contributed by atoms with Crippen molar-refractivity contribution in [2.45, 2.75) is 11.7 Å². The maximum atomic E-state index is 11.6. The van der Waals surface area contributed by atoms with Crippen molar-refractivity contribution >= 4 is 44.2 Å². The maximum Gasteiger partial charge on any atom is 0.273 e. The van der Waals surface area contributed by atoms with Crippen LogP contribution in [0.3, 0.4) is 0 Å². The zero-order valence-corrected chi connectivity index (χ0v) is 14.7. The molecule has 0 bridgehead atoms. The molecule has 114 valence electrons. The smallest absolute Gasteiger partial charge is 0.273 e. The number of hydrogen-bond donors (Lipinski definition) is 1. The Morgan fingerprint density at radius 1 is 1.43 bits per heavy atom. The summed E-state index contributed by atoms with van der Waals surface area (Å²) >= 11 is 8.11. The van der Waals surface area contributed by atoms with Crippen LogP contribution in [0, 0.1) is 3.57 Å². The molecule has 0 aliphatic carbocycles. The fourth-order valence-corrected chi connectivity index (χ4v) is 3.14. The third-order valence-electron chi connectivity index (χ3n) is 2.66. The summed E-state index contributed by atoms with van der Waals surface area (Å²) in [5.74, 6) is 0.378. The van der Waals surface area contributed by atoms with Gasteiger partial charge in [-0.25, -0.2) is 13.6 Å². The molecule has 0 fully saturated rings. The number of nitrogens with zero attached hydrogens (tertiary/aromatic N) is 3. The van der Waals surface area contributed by atoms with E-state index in [2.05, 4.69) is 32.8 Å². The van der Waals surface area contributed by atoms with Gasteiger partial charge in [-0.05, 0) is 40.8 Å². The van der Waals surface area contributed by atoms with Crippen LogP contribution in [0.5, 0.6) is 0 Å². The van der Waals surface area contributed by atoms with Gasteiger partial charge in [0, 0.05) is 21.3 Å². The van der Waals surface area contributed by atoms with Crippen molar-refractivity contribution in [1.29, 1.82) is 0 Å². The van der Waals surface area contributed by atoms with Crippen molar-refractivity contribution in [1.82, 2.24) is 14.8 Å². The molecular formula is C11H12ClIN4O3S. The van der Waals surface area contributed by atoms with E-state index < -0.39 is 10.0 Å². The van der Waals surface area contributed by atoms with Crippen LogP contribution in [0.25, 0.3) is 11.4 Å². The molecule has 0 aliphatic rings. The van der Waals surface area contributed by atoms with Gasteiger partial charge < -0.3 is 4.74 Å². The van der Waals surface area contributed by atoms with Crippen molar-refractivity contribution in [3.05, 3.63) is 26.8 Å². The lowest BCUT2D eigenvalue weighted by Crippen LogP contribution is -2.20. The molecule has 10 heteroatoms. The van der Waals surface area contributed by atoms with Crippen molar-refractivity contribution in [3.63, 3.8) is 0 Å². The zero-order valence-electron chi connectivity index (χ0n) is 11.0. The number of benzene rings is 1. The highest BCUT2D eigenvalue weighted by molar-refractivity contribution is 14.1. The van der Waals surface area contributed by atoms with Gasteiger partial charge in [-0.1, -0.05) is 11.6 Å². The number of halogens is 2. The molecule has 2 rings (SSSR count). The minimum Gasteiger partial charge on any atom is -0.383 e. The molecule has 0 aliphatic heterocycles. The molecule has 0 atom stereocenters. The topological polar surface area (TPSA) is 100 Å². The lowest BCUT2D eigenvalue weighted by molar-refractivity contribution is 0.185. The van der Waals surface area contributed by atoms with E-state index in [1.807, 2.05) is 6.07 Å². The number of aromatic nitrogens is 3. The van der Waals surface area contributed by atoms with E-state index in [4.69, 9.17) is 21.5 Å². The minimum atomic E-state index is -3.98. The summed E-state index contributed by atoms with van der Waals surface area (Å²) < 4.78 is 30.5. The summed E-state index contributed by atoms with van der Waals surface area (Å²) in [5, 5.41) is 13.0. The van der Waals surface area contributed by atoms with E-state index in [-0.39, 0.29) is 11.7 Å². The van der Waals surface area contributed by atoms with E-state index in [0.29, 0.717) is 23.0 Å². The summed E-state index contributed by atoms with van der Waals surface area (Å²) in [5.41, 5.74) is 0.682. The molecule has 1 aromatic heterocycles. The number of nitrogens with two attached hydrogens (primary N) is 1. The summed E-state index contributed by atoms with van der Waals surface area (Å²) in [7, 11) is -2.46. The third-order valence-corrected chi connectivity index (χ3v) is 4.65. The van der Waals surface area contributed by atoms with Crippen LogP contribution in [-0.2, 0) is 21.3 Å². The monoisotopic (exact) mass is 442 g/mol. The first-order valence-electron chi connectivity index (χ1n) is 5.75. The van der Waals surface area contributed by atoms with E-state index in [0.717, 1.165) is 3.57 Å².